The number of ether oxygens (including phenoxy) is 2. The fourth-order valence-electron chi connectivity index (χ4n) is 4.77. The number of unbranched alkanes of at least 4 members (excludes halogenated alkanes) is 18. The Kier molecular flexibility index (Phi) is 30.5. The van der Waals surface area contributed by atoms with Gasteiger partial charge >= 0.3 is 11.9 Å². The minimum Gasteiger partial charge on any atom is -0.462 e. The number of rotatable bonds is 31. The van der Waals surface area contributed by atoms with Crippen molar-refractivity contribution in [1.82, 2.24) is 0 Å². The topological polar surface area (TPSA) is 89.9 Å². The van der Waals surface area contributed by atoms with Crippen molar-refractivity contribution in [1.29, 1.82) is 0 Å². The molecule has 0 heterocycles. The number of carbonyl (C=O) groups is 3. The number of hydrogen-bond donors (Lipinski definition) is 1. The highest BCUT2D eigenvalue weighted by molar-refractivity contribution is 5.89. The van der Waals surface area contributed by atoms with Gasteiger partial charge in [0.15, 0.2) is 11.9 Å². The number of aliphatic hydroxyl groups excluding tert-OH is 1. The van der Waals surface area contributed by atoms with Crippen molar-refractivity contribution in [3.05, 3.63) is 24.3 Å². The summed E-state index contributed by atoms with van der Waals surface area (Å²) < 4.78 is 10.5. The number of allylic oxidation sites excluding steroid dienone is 4. The first kappa shape index (κ1) is 40.1. The first-order valence-corrected chi connectivity index (χ1v) is 17.3. The summed E-state index contributed by atoms with van der Waals surface area (Å²) in [6.07, 6.45) is 32.1. The third-order valence-corrected chi connectivity index (χ3v) is 7.47. The summed E-state index contributed by atoms with van der Waals surface area (Å²) in [6, 6.07) is 0. The Morgan fingerprint density at radius 3 is 1.64 bits per heavy atom. The maximum Gasteiger partial charge on any atom is 0.306 e. The lowest BCUT2D eigenvalue weighted by Crippen LogP contribution is -2.28. The Balaban J connectivity index is 3.65. The minimum absolute atomic E-state index is 0.0926. The Labute approximate surface area is 258 Å². The zero-order chi connectivity index (χ0) is 30.9. The predicted octanol–water partition coefficient (Wildman–Crippen LogP) is 9.52. The number of esters is 2. The van der Waals surface area contributed by atoms with Crippen LogP contribution in [0.1, 0.15) is 168 Å². The van der Waals surface area contributed by atoms with Gasteiger partial charge in [0.25, 0.3) is 0 Å². The molecule has 42 heavy (non-hydrogen) atoms. The molecule has 0 unspecified atom stereocenters. The van der Waals surface area contributed by atoms with Gasteiger partial charge in [-0.15, -0.1) is 0 Å². The van der Waals surface area contributed by atoms with Gasteiger partial charge in [-0.3, -0.25) is 14.4 Å². The van der Waals surface area contributed by atoms with E-state index in [9.17, 15) is 19.5 Å². The maximum absolute atomic E-state index is 12.1. The summed E-state index contributed by atoms with van der Waals surface area (Å²) in [7, 11) is 0. The molecule has 6 heteroatoms. The molecule has 1 N–H and O–H groups in total. The molecular weight excluding hydrogens is 528 g/mol. The van der Waals surface area contributed by atoms with Crippen LogP contribution in [0.2, 0.25) is 0 Å². The van der Waals surface area contributed by atoms with Crippen molar-refractivity contribution < 1.29 is 29.0 Å². The van der Waals surface area contributed by atoms with Gasteiger partial charge in [-0.05, 0) is 38.2 Å². The number of hydrogen-bond acceptors (Lipinski definition) is 6. The summed E-state index contributed by atoms with van der Waals surface area (Å²) >= 11 is 0. The SMILES string of the molecule is CCCCCCCCCCCCCCC(=O)O[C@@H](CO)COC(=O)CCCCCCC/C=C\C=C\C(=O)CCCCC. The van der Waals surface area contributed by atoms with Crippen molar-refractivity contribution in [2.24, 2.45) is 0 Å². The van der Waals surface area contributed by atoms with E-state index in [-0.39, 0.29) is 30.9 Å². The average Bonchev–Trinajstić information content (AvgIpc) is 2.98. The van der Waals surface area contributed by atoms with Gasteiger partial charge in [0, 0.05) is 19.3 Å². The molecule has 0 aromatic rings. The normalized spacial score (nSPS) is 12.3. The molecule has 0 radical (unpaired) electrons. The molecule has 0 aromatic carbocycles. The number of aliphatic hydroxyl groups is 1. The monoisotopic (exact) mass is 592 g/mol. The third kappa shape index (κ3) is 29.5. The maximum atomic E-state index is 12.1. The molecule has 0 fully saturated rings. The lowest BCUT2D eigenvalue weighted by atomic mass is 10.0. The zero-order valence-corrected chi connectivity index (χ0v) is 27.3. The molecule has 0 aliphatic carbocycles. The zero-order valence-electron chi connectivity index (χ0n) is 27.3. The van der Waals surface area contributed by atoms with Crippen molar-refractivity contribution in [2.45, 2.75) is 174 Å². The first-order valence-electron chi connectivity index (χ1n) is 17.3. The van der Waals surface area contributed by atoms with Crippen LogP contribution in [0, 0.1) is 0 Å². The second-order valence-corrected chi connectivity index (χ2v) is 11.6. The molecule has 1 atom stereocenters. The average molecular weight is 593 g/mol. The molecule has 0 aromatic heterocycles. The smallest absolute Gasteiger partial charge is 0.306 e. The molecule has 0 bridgehead atoms. The lowest BCUT2D eigenvalue weighted by Gasteiger charge is -2.15. The van der Waals surface area contributed by atoms with Crippen LogP contribution in [-0.4, -0.2) is 42.1 Å². The fraction of sp³-hybridized carbons (Fsp3) is 0.806. The van der Waals surface area contributed by atoms with E-state index in [1.165, 1.54) is 57.8 Å². The number of carbonyl (C=O) groups excluding carboxylic acids is 3. The molecular formula is C36H64O6. The fourth-order valence-corrected chi connectivity index (χ4v) is 4.77. The molecule has 0 aliphatic rings. The second kappa shape index (κ2) is 32.0. The highest BCUT2D eigenvalue weighted by Crippen LogP contribution is 2.13. The molecule has 0 aliphatic heterocycles. The van der Waals surface area contributed by atoms with E-state index in [1.807, 2.05) is 12.2 Å². The first-order chi connectivity index (χ1) is 20.5. The van der Waals surface area contributed by atoms with Crippen LogP contribution in [0.4, 0.5) is 0 Å². The molecule has 0 saturated heterocycles. The highest BCUT2D eigenvalue weighted by Gasteiger charge is 2.16. The van der Waals surface area contributed by atoms with E-state index in [1.54, 1.807) is 6.08 Å². The van der Waals surface area contributed by atoms with Crippen LogP contribution in [0.15, 0.2) is 24.3 Å². The van der Waals surface area contributed by atoms with E-state index < -0.39 is 6.10 Å². The molecule has 0 spiro atoms. The minimum atomic E-state index is -0.791. The Morgan fingerprint density at radius 1 is 0.595 bits per heavy atom. The van der Waals surface area contributed by atoms with Crippen molar-refractivity contribution in [2.75, 3.05) is 13.2 Å². The Bertz CT molecular complexity index is 699. The van der Waals surface area contributed by atoms with E-state index in [0.717, 1.165) is 77.0 Å². The summed E-state index contributed by atoms with van der Waals surface area (Å²) in [5, 5.41) is 9.50. The van der Waals surface area contributed by atoms with Gasteiger partial charge in [0.1, 0.15) is 6.61 Å². The quantitative estimate of drug-likeness (QED) is 0.0373. The summed E-state index contributed by atoms with van der Waals surface area (Å²) in [5.41, 5.74) is 0. The highest BCUT2D eigenvalue weighted by atomic mass is 16.6. The summed E-state index contributed by atoms with van der Waals surface area (Å²) in [5.74, 6) is -0.451. The van der Waals surface area contributed by atoms with E-state index in [4.69, 9.17) is 9.47 Å². The van der Waals surface area contributed by atoms with Crippen LogP contribution in [0.25, 0.3) is 0 Å². The largest absolute Gasteiger partial charge is 0.462 e. The molecule has 0 amide bonds. The van der Waals surface area contributed by atoms with Crippen LogP contribution >= 0.6 is 0 Å². The summed E-state index contributed by atoms with van der Waals surface area (Å²) in [4.78, 5) is 35.8. The molecule has 0 saturated carbocycles. The number of ketones is 1. The third-order valence-electron chi connectivity index (χ3n) is 7.47. The van der Waals surface area contributed by atoms with E-state index in [2.05, 4.69) is 19.9 Å². The second-order valence-electron chi connectivity index (χ2n) is 11.6. The van der Waals surface area contributed by atoms with Crippen LogP contribution in [0.3, 0.4) is 0 Å². The van der Waals surface area contributed by atoms with Crippen molar-refractivity contribution >= 4 is 17.7 Å². The van der Waals surface area contributed by atoms with E-state index in [0.29, 0.717) is 19.3 Å². The van der Waals surface area contributed by atoms with Crippen molar-refractivity contribution in [3.63, 3.8) is 0 Å². The van der Waals surface area contributed by atoms with Gasteiger partial charge in [0.05, 0.1) is 6.61 Å². The van der Waals surface area contributed by atoms with Gasteiger partial charge in [-0.1, -0.05) is 135 Å². The molecule has 0 rings (SSSR count). The molecule has 6 nitrogen and oxygen atoms in total. The van der Waals surface area contributed by atoms with Crippen LogP contribution < -0.4 is 0 Å². The Morgan fingerprint density at radius 2 is 1.07 bits per heavy atom. The van der Waals surface area contributed by atoms with Crippen molar-refractivity contribution in [3.8, 4) is 0 Å². The van der Waals surface area contributed by atoms with Crippen LogP contribution in [0.5, 0.6) is 0 Å². The predicted molar refractivity (Wildman–Crippen MR) is 173 cm³/mol. The summed E-state index contributed by atoms with van der Waals surface area (Å²) in [6.45, 7) is 3.94. The van der Waals surface area contributed by atoms with Gasteiger partial charge in [-0.2, -0.15) is 0 Å². The van der Waals surface area contributed by atoms with Gasteiger partial charge in [-0.25, -0.2) is 0 Å². The van der Waals surface area contributed by atoms with E-state index >= 15 is 0 Å². The Hall–Kier alpha value is -1.95. The molecule has 244 valence electrons. The van der Waals surface area contributed by atoms with Gasteiger partial charge < -0.3 is 14.6 Å². The van der Waals surface area contributed by atoms with Gasteiger partial charge in [0.2, 0.25) is 0 Å². The van der Waals surface area contributed by atoms with Crippen LogP contribution in [-0.2, 0) is 23.9 Å². The lowest BCUT2D eigenvalue weighted by molar-refractivity contribution is -0.161. The standard InChI is InChI=1S/C36H64O6/c1-3-5-7-8-9-10-11-12-15-19-22-26-30-36(40)42-34(31-37)32-41-35(39)29-25-21-18-16-13-14-17-20-24-28-33(38)27-23-6-4-2/h17,20,24,28,34,37H,3-16,18-19,21-23,25-27,29-32H2,1-2H3/b20-17-,28-24+/t34-/m0/s1.